The van der Waals surface area contributed by atoms with Gasteiger partial charge in [-0.2, -0.15) is 0 Å². The fourth-order valence-corrected chi connectivity index (χ4v) is 2.11. The second-order valence-electron chi connectivity index (χ2n) is 4.34. The van der Waals surface area contributed by atoms with Gasteiger partial charge in [0.05, 0.1) is 6.54 Å². The Bertz CT molecular complexity index is 250. The molecule has 4 N–H and O–H groups in total. The van der Waals surface area contributed by atoms with Crippen LogP contribution in [0.4, 0.5) is 0 Å². The van der Waals surface area contributed by atoms with Gasteiger partial charge in [0, 0.05) is 0 Å². The van der Waals surface area contributed by atoms with Crippen LogP contribution in [0.5, 0.6) is 0 Å². The van der Waals surface area contributed by atoms with Crippen molar-refractivity contribution in [3.63, 3.8) is 0 Å². The summed E-state index contributed by atoms with van der Waals surface area (Å²) >= 11 is 0. The Morgan fingerprint density at radius 3 is 2.44 bits per heavy atom. The van der Waals surface area contributed by atoms with E-state index in [0.29, 0.717) is 12.3 Å². The van der Waals surface area contributed by atoms with Gasteiger partial charge in [-0.25, -0.2) is 4.79 Å². The number of carbonyl (C=O) groups excluding carboxylic acids is 2. The number of hydrogen-bond donors (Lipinski definition) is 2. The summed E-state index contributed by atoms with van der Waals surface area (Å²) in [7, 11) is 0. The van der Waals surface area contributed by atoms with Crippen LogP contribution in [0.3, 0.4) is 0 Å². The van der Waals surface area contributed by atoms with Crippen LogP contribution in [0.1, 0.15) is 38.5 Å². The second-order valence-corrected chi connectivity index (χ2v) is 4.34. The Morgan fingerprint density at radius 1 is 1.25 bits per heavy atom. The summed E-state index contributed by atoms with van der Waals surface area (Å²) in [6.45, 7) is -0.290. The Balaban J connectivity index is 2.29. The van der Waals surface area contributed by atoms with Crippen LogP contribution in [-0.2, 0) is 14.3 Å². The number of nitrogens with two attached hydrogens (primary N) is 2. The zero-order valence-corrected chi connectivity index (χ0v) is 9.48. The largest absolute Gasteiger partial charge is 0.391 e. The molecule has 5 nitrogen and oxygen atoms in total. The fraction of sp³-hybridized carbons (Fsp3) is 0.818. The molecular formula is C11H20N2O3. The van der Waals surface area contributed by atoms with Crippen LogP contribution < -0.4 is 11.5 Å². The maximum absolute atomic E-state index is 11.4. The van der Waals surface area contributed by atoms with Gasteiger partial charge in [0.1, 0.15) is 6.04 Å². The first-order chi connectivity index (χ1) is 7.63. The lowest BCUT2D eigenvalue weighted by Crippen LogP contribution is -2.37. The normalized spacial score (nSPS) is 19.1. The monoisotopic (exact) mass is 228 g/mol. The Kier molecular flexibility index (Phi) is 5.42. The van der Waals surface area contributed by atoms with Crippen LogP contribution in [0, 0.1) is 5.92 Å². The summed E-state index contributed by atoms with van der Waals surface area (Å²) < 4.78 is 4.48. The summed E-state index contributed by atoms with van der Waals surface area (Å²) in [4.78, 5) is 22.2. The van der Waals surface area contributed by atoms with Crippen LogP contribution in [0.2, 0.25) is 0 Å². The van der Waals surface area contributed by atoms with E-state index in [9.17, 15) is 9.59 Å². The molecule has 1 fully saturated rings. The number of ether oxygens (including phenoxy) is 1. The standard InChI is InChI=1S/C11H20N2O3/c12-7-10(14)16-11(15)9(13)6-8-4-2-1-3-5-8/h8-9H,1-7,12-13H2/t9-/m1/s1. The molecule has 1 saturated carbocycles. The maximum atomic E-state index is 11.4. The average Bonchev–Trinajstić information content (AvgIpc) is 2.30. The molecule has 0 aromatic heterocycles. The number of hydrogen-bond acceptors (Lipinski definition) is 5. The predicted molar refractivity (Wildman–Crippen MR) is 59.3 cm³/mol. The van der Waals surface area contributed by atoms with Gasteiger partial charge in [-0.05, 0) is 12.3 Å². The molecule has 0 aromatic carbocycles. The van der Waals surface area contributed by atoms with Crippen molar-refractivity contribution >= 4 is 11.9 Å². The van der Waals surface area contributed by atoms with E-state index in [1.165, 1.54) is 19.3 Å². The molecule has 1 aliphatic carbocycles. The average molecular weight is 228 g/mol. The zero-order chi connectivity index (χ0) is 12.0. The molecule has 1 aliphatic rings. The van der Waals surface area contributed by atoms with Crippen LogP contribution in [0.25, 0.3) is 0 Å². The molecule has 5 heteroatoms. The van der Waals surface area contributed by atoms with Gasteiger partial charge in [0.15, 0.2) is 0 Å². The predicted octanol–water partition coefficient (Wildman–Crippen LogP) is 0.313. The Morgan fingerprint density at radius 2 is 1.88 bits per heavy atom. The topological polar surface area (TPSA) is 95.4 Å². The van der Waals surface area contributed by atoms with Gasteiger partial charge in [-0.15, -0.1) is 0 Å². The van der Waals surface area contributed by atoms with Crippen molar-refractivity contribution in [3.05, 3.63) is 0 Å². The molecule has 0 amide bonds. The van der Waals surface area contributed by atoms with Gasteiger partial charge in [-0.3, -0.25) is 4.79 Å². The molecule has 0 heterocycles. The van der Waals surface area contributed by atoms with E-state index in [-0.39, 0.29) is 6.54 Å². The Hall–Kier alpha value is -0.940. The smallest absolute Gasteiger partial charge is 0.330 e. The van der Waals surface area contributed by atoms with Gasteiger partial charge >= 0.3 is 11.9 Å². The lowest BCUT2D eigenvalue weighted by molar-refractivity contribution is -0.159. The molecule has 0 unspecified atom stereocenters. The number of rotatable bonds is 4. The maximum Gasteiger partial charge on any atom is 0.330 e. The fourth-order valence-electron chi connectivity index (χ4n) is 2.11. The van der Waals surface area contributed by atoms with Gasteiger partial charge in [-0.1, -0.05) is 32.1 Å². The van der Waals surface area contributed by atoms with Gasteiger partial charge in [0.25, 0.3) is 0 Å². The van der Waals surface area contributed by atoms with Gasteiger partial charge in [0.2, 0.25) is 0 Å². The first kappa shape index (κ1) is 13.1. The molecular weight excluding hydrogens is 208 g/mol. The minimum absolute atomic E-state index is 0.290. The molecule has 0 spiro atoms. The summed E-state index contributed by atoms with van der Waals surface area (Å²) in [5.41, 5.74) is 10.7. The molecule has 0 radical (unpaired) electrons. The number of carbonyl (C=O) groups is 2. The van der Waals surface area contributed by atoms with E-state index in [0.717, 1.165) is 12.8 Å². The molecule has 92 valence electrons. The van der Waals surface area contributed by atoms with Gasteiger partial charge < -0.3 is 16.2 Å². The first-order valence-corrected chi connectivity index (χ1v) is 5.83. The highest BCUT2D eigenvalue weighted by molar-refractivity contribution is 5.89. The third-order valence-electron chi connectivity index (χ3n) is 3.00. The van der Waals surface area contributed by atoms with Crippen molar-refractivity contribution in [2.45, 2.75) is 44.6 Å². The van der Waals surface area contributed by atoms with Crippen LogP contribution in [0.15, 0.2) is 0 Å². The van der Waals surface area contributed by atoms with Crippen molar-refractivity contribution in [3.8, 4) is 0 Å². The van der Waals surface area contributed by atoms with E-state index >= 15 is 0 Å². The van der Waals surface area contributed by atoms with E-state index in [2.05, 4.69) is 4.74 Å². The Labute approximate surface area is 95.5 Å². The molecule has 1 rings (SSSR count). The SMILES string of the molecule is NCC(=O)OC(=O)[C@H](N)CC1CCCCC1. The van der Waals surface area contributed by atoms with Crippen molar-refractivity contribution in [1.29, 1.82) is 0 Å². The van der Waals surface area contributed by atoms with Crippen molar-refractivity contribution in [2.75, 3.05) is 6.54 Å². The number of esters is 2. The molecule has 1 atom stereocenters. The van der Waals surface area contributed by atoms with Crippen LogP contribution in [-0.4, -0.2) is 24.5 Å². The summed E-state index contributed by atoms with van der Waals surface area (Å²) in [6.07, 6.45) is 6.51. The van der Waals surface area contributed by atoms with Crippen molar-refractivity contribution in [1.82, 2.24) is 0 Å². The zero-order valence-electron chi connectivity index (χ0n) is 9.48. The van der Waals surface area contributed by atoms with Crippen molar-refractivity contribution < 1.29 is 14.3 Å². The summed E-state index contributed by atoms with van der Waals surface area (Å²) in [5, 5.41) is 0. The molecule has 0 aliphatic heterocycles. The lowest BCUT2D eigenvalue weighted by Gasteiger charge is -2.23. The van der Waals surface area contributed by atoms with E-state index in [1.54, 1.807) is 0 Å². The highest BCUT2D eigenvalue weighted by atomic mass is 16.6. The minimum Gasteiger partial charge on any atom is -0.391 e. The summed E-state index contributed by atoms with van der Waals surface area (Å²) in [5.74, 6) is -0.880. The molecule has 0 saturated heterocycles. The van der Waals surface area contributed by atoms with Crippen LogP contribution >= 0.6 is 0 Å². The van der Waals surface area contributed by atoms with E-state index in [1.807, 2.05) is 0 Å². The first-order valence-electron chi connectivity index (χ1n) is 5.83. The molecule has 16 heavy (non-hydrogen) atoms. The third kappa shape index (κ3) is 4.28. The molecule has 0 bridgehead atoms. The quantitative estimate of drug-likeness (QED) is 0.533. The van der Waals surface area contributed by atoms with E-state index < -0.39 is 18.0 Å². The van der Waals surface area contributed by atoms with E-state index in [4.69, 9.17) is 11.5 Å². The highest BCUT2D eigenvalue weighted by Crippen LogP contribution is 2.27. The van der Waals surface area contributed by atoms with Crippen molar-refractivity contribution in [2.24, 2.45) is 17.4 Å². The minimum atomic E-state index is -0.718. The lowest BCUT2D eigenvalue weighted by atomic mass is 9.85. The summed E-state index contributed by atoms with van der Waals surface area (Å²) in [6, 6.07) is -0.696. The highest BCUT2D eigenvalue weighted by Gasteiger charge is 2.23. The molecule has 0 aromatic rings. The second kappa shape index (κ2) is 6.60. The third-order valence-corrected chi connectivity index (χ3v) is 3.00.